The lowest BCUT2D eigenvalue weighted by atomic mass is 10.1. The third kappa shape index (κ3) is 4.53. The van der Waals surface area contributed by atoms with E-state index in [9.17, 15) is 9.18 Å². The van der Waals surface area contributed by atoms with Crippen molar-refractivity contribution in [2.24, 2.45) is 0 Å². The second-order valence-corrected chi connectivity index (χ2v) is 6.34. The second-order valence-electron chi connectivity index (χ2n) is 5.56. The number of benzene rings is 1. The van der Waals surface area contributed by atoms with Crippen molar-refractivity contribution >= 4 is 23.1 Å². The van der Waals surface area contributed by atoms with E-state index in [1.54, 1.807) is 11.3 Å². The lowest BCUT2D eigenvalue weighted by Gasteiger charge is -2.34. The molecule has 1 aromatic carbocycles. The summed E-state index contributed by atoms with van der Waals surface area (Å²) < 4.78 is 18.3. The van der Waals surface area contributed by atoms with E-state index in [0.717, 1.165) is 13.1 Å². The van der Waals surface area contributed by atoms with Crippen LogP contribution in [-0.4, -0.2) is 43.8 Å². The highest BCUT2D eigenvalue weighted by atomic mass is 32.1. The molecule has 0 radical (unpaired) electrons. The topological polar surface area (TPSA) is 53.6 Å². The summed E-state index contributed by atoms with van der Waals surface area (Å²) in [6.07, 6.45) is 0. The molecule has 0 unspecified atom stereocenters. The number of urea groups is 1. The van der Waals surface area contributed by atoms with Crippen LogP contribution in [0.3, 0.4) is 0 Å². The number of ether oxygens (including phenoxy) is 1. The number of halogens is 1. The predicted molar refractivity (Wildman–Crippen MR) is 92.9 cm³/mol. The van der Waals surface area contributed by atoms with Crippen LogP contribution >= 0.6 is 11.3 Å². The monoisotopic (exact) mass is 349 g/mol. The number of anilines is 1. The largest absolute Gasteiger partial charge is 0.379 e. The Labute approximate surface area is 144 Å². The van der Waals surface area contributed by atoms with Crippen molar-refractivity contribution in [3.05, 3.63) is 52.5 Å². The number of hydrogen-bond donors (Lipinski definition) is 2. The van der Waals surface area contributed by atoms with Crippen molar-refractivity contribution in [3.63, 3.8) is 0 Å². The van der Waals surface area contributed by atoms with Crippen LogP contribution in [0.25, 0.3) is 0 Å². The van der Waals surface area contributed by atoms with E-state index in [-0.39, 0.29) is 17.9 Å². The maximum Gasteiger partial charge on any atom is 0.319 e. The summed E-state index contributed by atoms with van der Waals surface area (Å²) in [4.78, 5) is 14.4. The van der Waals surface area contributed by atoms with E-state index in [4.69, 9.17) is 4.74 Å². The smallest absolute Gasteiger partial charge is 0.319 e. The van der Waals surface area contributed by atoms with Gasteiger partial charge in [0.1, 0.15) is 5.82 Å². The van der Waals surface area contributed by atoms with E-state index in [2.05, 4.69) is 27.0 Å². The number of morpholine rings is 1. The summed E-state index contributed by atoms with van der Waals surface area (Å²) in [6.45, 7) is 3.62. The minimum absolute atomic E-state index is 0.124. The van der Waals surface area contributed by atoms with Crippen LogP contribution in [0.4, 0.5) is 14.9 Å². The van der Waals surface area contributed by atoms with Crippen molar-refractivity contribution < 1.29 is 13.9 Å². The van der Waals surface area contributed by atoms with Gasteiger partial charge < -0.3 is 15.4 Å². The van der Waals surface area contributed by atoms with Gasteiger partial charge in [0.05, 0.1) is 19.3 Å². The molecule has 2 N–H and O–H groups in total. The summed E-state index contributed by atoms with van der Waals surface area (Å²) in [5.74, 6) is -0.328. The maximum absolute atomic E-state index is 12.9. The molecule has 1 saturated heterocycles. The Balaban J connectivity index is 1.58. The zero-order chi connectivity index (χ0) is 16.8. The molecule has 1 atom stereocenters. The van der Waals surface area contributed by atoms with E-state index in [1.165, 1.54) is 29.8 Å². The average molecular weight is 349 g/mol. The lowest BCUT2D eigenvalue weighted by Crippen LogP contribution is -2.44. The van der Waals surface area contributed by atoms with Crippen molar-refractivity contribution in [2.75, 3.05) is 38.2 Å². The molecule has 3 rings (SSSR count). The number of carbonyl (C=O) groups is 1. The van der Waals surface area contributed by atoms with E-state index in [0.29, 0.717) is 25.4 Å². The molecular weight excluding hydrogens is 329 g/mol. The Morgan fingerprint density at radius 1 is 1.25 bits per heavy atom. The van der Waals surface area contributed by atoms with Gasteiger partial charge in [0.15, 0.2) is 0 Å². The minimum Gasteiger partial charge on any atom is -0.379 e. The molecule has 24 heavy (non-hydrogen) atoms. The Bertz CT molecular complexity index is 642. The fourth-order valence-corrected chi connectivity index (χ4v) is 3.42. The van der Waals surface area contributed by atoms with E-state index in [1.807, 2.05) is 5.38 Å². The zero-order valence-corrected chi connectivity index (χ0v) is 14.0. The van der Waals surface area contributed by atoms with Crippen LogP contribution in [-0.2, 0) is 4.74 Å². The molecule has 0 aliphatic carbocycles. The molecule has 0 bridgehead atoms. The van der Waals surface area contributed by atoms with Crippen LogP contribution in [0.15, 0.2) is 41.1 Å². The molecule has 7 heteroatoms. The standard InChI is InChI=1S/C17H20FN3O2S/c18-14-1-3-15(4-2-14)20-17(22)19-11-16(13-5-10-24-12-13)21-6-8-23-9-7-21/h1-5,10,12,16H,6-9,11H2,(H2,19,20,22)/t16-/m0/s1. The molecule has 1 aliphatic rings. The van der Waals surface area contributed by atoms with E-state index < -0.39 is 0 Å². The third-order valence-electron chi connectivity index (χ3n) is 3.97. The molecule has 0 saturated carbocycles. The number of thiophene rings is 1. The molecule has 0 spiro atoms. The molecule has 1 aromatic heterocycles. The highest BCUT2D eigenvalue weighted by Crippen LogP contribution is 2.23. The molecule has 2 heterocycles. The summed E-state index contributed by atoms with van der Waals surface area (Å²) in [5.41, 5.74) is 1.76. The molecule has 2 amide bonds. The van der Waals surface area contributed by atoms with Gasteiger partial charge in [0.2, 0.25) is 0 Å². The van der Waals surface area contributed by atoms with Gasteiger partial charge in [-0.3, -0.25) is 4.90 Å². The van der Waals surface area contributed by atoms with Crippen LogP contribution in [0.1, 0.15) is 11.6 Å². The first-order valence-corrected chi connectivity index (χ1v) is 8.81. The Morgan fingerprint density at radius 2 is 2.00 bits per heavy atom. The fourth-order valence-electron chi connectivity index (χ4n) is 2.71. The van der Waals surface area contributed by atoms with Crippen molar-refractivity contribution in [3.8, 4) is 0 Å². The van der Waals surface area contributed by atoms with E-state index >= 15 is 0 Å². The van der Waals surface area contributed by atoms with Gasteiger partial charge in [-0.05, 0) is 46.7 Å². The van der Waals surface area contributed by atoms with Gasteiger partial charge in [-0.1, -0.05) is 0 Å². The highest BCUT2D eigenvalue weighted by molar-refractivity contribution is 7.07. The molecular formula is C17H20FN3O2S. The molecule has 128 valence electrons. The van der Waals surface area contributed by atoms with Gasteiger partial charge in [0.25, 0.3) is 0 Å². The van der Waals surface area contributed by atoms with Crippen molar-refractivity contribution in [1.82, 2.24) is 10.2 Å². The van der Waals surface area contributed by atoms with Crippen molar-refractivity contribution in [1.29, 1.82) is 0 Å². The highest BCUT2D eigenvalue weighted by Gasteiger charge is 2.23. The minimum atomic E-state index is -0.328. The number of rotatable bonds is 5. The molecule has 1 fully saturated rings. The zero-order valence-electron chi connectivity index (χ0n) is 13.2. The first-order valence-electron chi connectivity index (χ1n) is 7.87. The summed E-state index contributed by atoms with van der Waals surface area (Å²) in [6, 6.07) is 7.62. The second kappa shape index (κ2) is 8.23. The number of hydrogen-bond acceptors (Lipinski definition) is 4. The van der Waals surface area contributed by atoms with Crippen LogP contribution in [0.2, 0.25) is 0 Å². The first-order chi connectivity index (χ1) is 11.7. The Morgan fingerprint density at radius 3 is 2.67 bits per heavy atom. The maximum atomic E-state index is 12.9. The van der Waals surface area contributed by atoms with Gasteiger partial charge in [-0.15, -0.1) is 0 Å². The van der Waals surface area contributed by atoms with Crippen molar-refractivity contribution in [2.45, 2.75) is 6.04 Å². The van der Waals surface area contributed by atoms with Gasteiger partial charge in [-0.2, -0.15) is 11.3 Å². The van der Waals surface area contributed by atoms with Gasteiger partial charge in [0, 0.05) is 25.3 Å². The number of nitrogens with one attached hydrogen (secondary N) is 2. The van der Waals surface area contributed by atoms with Gasteiger partial charge >= 0.3 is 6.03 Å². The Hall–Kier alpha value is -1.96. The average Bonchev–Trinajstić information content (AvgIpc) is 3.12. The number of nitrogens with zero attached hydrogens (tertiary/aromatic N) is 1. The lowest BCUT2D eigenvalue weighted by molar-refractivity contribution is 0.0168. The normalized spacial score (nSPS) is 16.5. The molecule has 5 nitrogen and oxygen atoms in total. The summed E-state index contributed by atoms with van der Waals surface area (Å²) in [5, 5.41) is 9.78. The SMILES string of the molecule is O=C(NC[C@@H](c1ccsc1)N1CCOCC1)Nc1ccc(F)cc1. The Kier molecular flexibility index (Phi) is 5.79. The quantitative estimate of drug-likeness (QED) is 0.872. The molecule has 1 aliphatic heterocycles. The first kappa shape index (κ1) is 16.9. The summed E-state index contributed by atoms with van der Waals surface area (Å²) in [7, 11) is 0. The number of carbonyl (C=O) groups excluding carboxylic acids is 1. The molecule has 2 aromatic rings. The predicted octanol–water partition coefficient (Wildman–Crippen LogP) is 3.08. The van der Waals surface area contributed by atoms with Crippen LogP contribution in [0, 0.1) is 5.82 Å². The fraction of sp³-hybridized carbons (Fsp3) is 0.353. The third-order valence-corrected chi connectivity index (χ3v) is 4.67. The van der Waals surface area contributed by atoms with Gasteiger partial charge in [-0.25, -0.2) is 9.18 Å². The van der Waals surface area contributed by atoms with Crippen LogP contribution < -0.4 is 10.6 Å². The number of amides is 2. The summed E-state index contributed by atoms with van der Waals surface area (Å²) >= 11 is 1.65. The van der Waals surface area contributed by atoms with Crippen LogP contribution in [0.5, 0.6) is 0 Å².